The van der Waals surface area contributed by atoms with Crippen LogP contribution in [0.15, 0.2) is 41.0 Å². The van der Waals surface area contributed by atoms with E-state index in [2.05, 4.69) is 19.9 Å². The van der Waals surface area contributed by atoms with E-state index in [-0.39, 0.29) is 17.6 Å². The Morgan fingerprint density at radius 1 is 1.35 bits per heavy atom. The molecule has 1 N–H and O–H groups in total. The minimum absolute atomic E-state index is 0.0713. The van der Waals surface area contributed by atoms with Crippen molar-refractivity contribution in [3.63, 3.8) is 0 Å². The van der Waals surface area contributed by atoms with Gasteiger partial charge < -0.3 is 9.84 Å². The van der Waals surface area contributed by atoms with Crippen molar-refractivity contribution in [3.05, 3.63) is 46.5 Å². The van der Waals surface area contributed by atoms with Gasteiger partial charge in [0.2, 0.25) is 0 Å². The highest BCUT2D eigenvalue weighted by atomic mass is 32.2. The molecule has 26 heavy (non-hydrogen) atoms. The molecule has 0 aromatic heterocycles. The molecule has 2 aliphatic heterocycles. The molecular weight excluding hydrogens is 348 g/mol. The van der Waals surface area contributed by atoms with Crippen molar-refractivity contribution in [2.75, 3.05) is 12.4 Å². The Balaban J connectivity index is 1.73. The zero-order chi connectivity index (χ0) is 18.7. The number of ether oxygens (including phenoxy) is 1. The molecule has 0 amide bonds. The standard InChI is InChI=1S/C21H28O4S/c1-3-6-17-14-26(23,24)20-13-25-19(21(17)20)10-9-15(4-2)11-16-7-5-8-18(22)12-16/h5,7-8,11-12,19-20,22H,3-4,6,9-10,13-14H2,1-2H3/b15-11+/t19-,20+/m1/s1. The summed E-state index contributed by atoms with van der Waals surface area (Å²) in [6.07, 6.45) is 6.46. The van der Waals surface area contributed by atoms with Crippen LogP contribution in [-0.2, 0) is 14.6 Å². The third kappa shape index (κ3) is 4.04. The maximum Gasteiger partial charge on any atom is 0.163 e. The second-order valence-corrected chi connectivity index (χ2v) is 9.40. The molecule has 1 fully saturated rings. The fourth-order valence-electron chi connectivity index (χ4n) is 4.04. The first-order valence-corrected chi connectivity index (χ1v) is 11.2. The first kappa shape index (κ1) is 19.2. The number of rotatable bonds is 7. The van der Waals surface area contributed by atoms with Gasteiger partial charge in [0.15, 0.2) is 9.84 Å². The molecule has 2 aliphatic rings. The van der Waals surface area contributed by atoms with Crippen LogP contribution in [0, 0.1) is 0 Å². The topological polar surface area (TPSA) is 63.6 Å². The summed E-state index contributed by atoms with van der Waals surface area (Å²) >= 11 is 0. The molecule has 1 aromatic carbocycles. The van der Waals surface area contributed by atoms with Crippen molar-refractivity contribution in [3.8, 4) is 5.75 Å². The summed E-state index contributed by atoms with van der Waals surface area (Å²) in [5, 5.41) is 9.21. The fourth-order valence-corrected chi connectivity index (χ4v) is 6.03. The number of hydrogen-bond acceptors (Lipinski definition) is 4. The SMILES string of the molecule is CCCC1=C2[C@@H](CC/C(=C/c3cccc(O)c3)CC)OC[C@@H]2S(=O)(=O)C1. The Morgan fingerprint density at radius 3 is 2.85 bits per heavy atom. The highest BCUT2D eigenvalue weighted by Gasteiger charge is 2.46. The number of allylic oxidation sites excluding steroid dienone is 1. The highest BCUT2D eigenvalue weighted by molar-refractivity contribution is 7.92. The Labute approximate surface area is 156 Å². The predicted octanol–water partition coefficient (Wildman–Crippen LogP) is 4.26. The largest absolute Gasteiger partial charge is 0.508 e. The summed E-state index contributed by atoms with van der Waals surface area (Å²) in [5.41, 5.74) is 4.41. The number of phenols is 1. The summed E-state index contributed by atoms with van der Waals surface area (Å²) in [4.78, 5) is 0. The monoisotopic (exact) mass is 376 g/mol. The molecule has 0 radical (unpaired) electrons. The van der Waals surface area contributed by atoms with Gasteiger partial charge in [0, 0.05) is 0 Å². The Morgan fingerprint density at radius 2 is 2.15 bits per heavy atom. The Kier molecular flexibility index (Phi) is 5.88. The third-order valence-corrected chi connectivity index (χ3v) is 7.34. The molecule has 0 saturated carbocycles. The third-order valence-electron chi connectivity index (χ3n) is 5.33. The summed E-state index contributed by atoms with van der Waals surface area (Å²) in [6, 6.07) is 7.23. The van der Waals surface area contributed by atoms with Crippen LogP contribution < -0.4 is 0 Å². The molecule has 0 unspecified atom stereocenters. The van der Waals surface area contributed by atoms with Crippen molar-refractivity contribution in [2.45, 2.75) is 57.3 Å². The van der Waals surface area contributed by atoms with E-state index in [1.54, 1.807) is 12.1 Å². The van der Waals surface area contributed by atoms with Crippen molar-refractivity contribution in [1.82, 2.24) is 0 Å². The van der Waals surface area contributed by atoms with E-state index in [1.807, 2.05) is 12.1 Å². The summed E-state index contributed by atoms with van der Waals surface area (Å²) in [6.45, 7) is 4.52. The molecule has 0 bridgehead atoms. The van der Waals surface area contributed by atoms with E-state index in [0.29, 0.717) is 6.61 Å². The zero-order valence-corrected chi connectivity index (χ0v) is 16.4. The van der Waals surface area contributed by atoms with E-state index < -0.39 is 15.1 Å². The summed E-state index contributed by atoms with van der Waals surface area (Å²) in [5.74, 6) is 0.488. The first-order valence-electron chi connectivity index (χ1n) is 9.48. The zero-order valence-electron chi connectivity index (χ0n) is 15.6. The van der Waals surface area contributed by atoms with Crippen LogP contribution in [0.3, 0.4) is 0 Å². The molecule has 1 saturated heterocycles. The van der Waals surface area contributed by atoms with Gasteiger partial charge in [0.25, 0.3) is 0 Å². The second kappa shape index (κ2) is 7.97. The first-order chi connectivity index (χ1) is 12.4. The van der Waals surface area contributed by atoms with Gasteiger partial charge in [-0.2, -0.15) is 0 Å². The number of aromatic hydroxyl groups is 1. The molecule has 4 nitrogen and oxygen atoms in total. The van der Waals surface area contributed by atoms with Crippen LogP contribution in [0.2, 0.25) is 0 Å². The lowest BCUT2D eigenvalue weighted by atomic mass is 9.94. The van der Waals surface area contributed by atoms with Crippen LogP contribution in [0.1, 0.15) is 51.5 Å². The van der Waals surface area contributed by atoms with Gasteiger partial charge in [0.1, 0.15) is 11.0 Å². The number of fused-ring (bicyclic) bond motifs is 1. The van der Waals surface area contributed by atoms with Crippen molar-refractivity contribution in [1.29, 1.82) is 0 Å². The molecular formula is C21H28O4S. The number of benzene rings is 1. The number of sulfone groups is 1. The average molecular weight is 377 g/mol. The Hall–Kier alpha value is -1.59. The van der Waals surface area contributed by atoms with Gasteiger partial charge in [0.05, 0.1) is 18.5 Å². The summed E-state index contributed by atoms with van der Waals surface area (Å²) < 4.78 is 30.7. The number of hydrogen-bond donors (Lipinski definition) is 1. The lowest BCUT2D eigenvalue weighted by molar-refractivity contribution is 0.117. The number of phenolic OH excluding ortho intramolecular Hbond substituents is 1. The smallest absolute Gasteiger partial charge is 0.163 e. The quantitative estimate of drug-likeness (QED) is 0.722. The minimum atomic E-state index is -3.07. The maximum atomic E-state index is 12.4. The minimum Gasteiger partial charge on any atom is -0.508 e. The van der Waals surface area contributed by atoms with Gasteiger partial charge in [-0.15, -0.1) is 0 Å². The molecule has 2 heterocycles. The van der Waals surface area contributed by atoms with Crippen molar-refractivity contribution in [2.24, 2.45) is 0 Å². The van der Waals surface area contributed by atoms with Crippen LogP contribution >= 0.6 is 0 Å². The van der Waals surface area contributed by atoms with Gasteiger partial charge in [-0.25, -0.2) is 8.42 Å². The van der Waals surface area contributed by atoms with Gasteiger partial charge in [-0.3, -0.25) is 0 Å². The van der Waals surface area contributed by atoms with E-state index in [1.165, 1.54) is 5.57 Å². The highest BCUT2D eigenvalue weighted by Crippen LogP contribution is 2.40. The molecule has 142 valence electrons. The fraction of sp³-hybridized carbons (Fsp3) is 0.524. The van der Waals surface area contributed by atoms with Crippen LogP contribution in [0.5, 0.6) is 5.75 Å². The second-order valence-electron chi connectivity index (χ2n) is 7.22. The predicted molar refractivity (Wildman–Crippen MR) is 105 cm³/mol. The molecule has 3 rings (SSSR count). The van der Waals surface area contributed by atoms with Crippen LogP contribution in [0.25, 0.3) is 6.08 Å². The normalized spacial score (nSPS) is 24.9. The van der Waals surface area contributed by atoms with E-state index in [4.69, 9.17) is 4.74 Å². The summed E-state index contributed by atoms with van der Waals surface area (Å²) in [7, 11) is -3.07. The average Bonchev–Trinajstić information content (AvgIpc) is 3.12. The van der Waals surface area contributed by atoms with Gasteiger partial charge >= 0.3 is 0 Å². The van der Waals surface area contributed by atoms with E-state index in [9.17, 15) is 13.5 Å². The Bertz CT molecular complexity index is 820. The van der Waals surface area contributed by atoms with Crippen LogP contribution in [-0.4, -0.2) is 37.2 Å². The van der Waals surface area contributed by atoms with Gasteiger partial charge in [-0.05, 0) is 49.0 Å². The van der Waals surface area contributed by atoms with Gasteiger partial charge in [-0.1, -0.05) is 49.6 Å². The van der Waals surface area contributed by atoms with Crippen molar-refractivity contribution >= 4 is 15.9 Å². The lowest BCUT2D eigenvalue weighted by Crippen LogP contribution is -2.19. The molecule has 0 spiro atoms. The maximum absolute atomic E-state index is 12.4. The van der Waals surface area contributed by atoms with E-state index in [0.717, 1.165) is 48.8 Å². The molecule has 1 aromatic rings. The van der Waals surface area contributed by atoms with Crippen LogP contribution in [0.4, 0.5) is 0 Å². The molecule has 2 atom stereocenters. The van der Waals surface area contributed by atoms with E-state index >= 15 is 0 Å². The molecule has 5 heteroatoms. The molecule has 0 aliphatic carbocycles. The van der Waals surface area contributed by atoms with Crippen molar-refractivity contribution < 1.29 is 18.3 Å². The lowest BCUT2D eigenvalue weighted by Gasteiger charge is -2.15.